The Morgan fingerprint density at radius 3 is 2.59 bits per heavy atom. The second-order valence-electron chi connectivity index (χ2n) is 10.8. The first-order valence-electron chi connectivity index (χ1n) is 13.4. The second kappa shape index (κ2) is 10.8. The Labute approximate surface area is 219 Å². The maximum atomic E-state index is 14.3. The molecular formula is C30H38N4O3. The van der Waals surface area contributed by atoms with Crippen molar-refractivity contribution in [2.45, 2.75) is 56.2 Å². The number of amides is 1. The molecule has 7 heteroatoms. The fourth-order valence-corrected chi connectivity index (χ4v) is 6.24. The van der Waals surface area contributed by atoms with Crippen LogP contribution in [0, 0.1) is 0 Å². The van der Waals surface area contributed by atoms with Gasteiger partial charge in [-0.3, -0.25) is 4.79 Å². The molecule has 196 valence electrons. The molecule has 5 rings (SSSR count). The van der Waals surface area contributed by atoms with Gasteiger partial charge >= 0.3 is 0 Å². The number of benzene rings is 2. The molecule has 2 fully saturated rings. The molecule has 1 aliphatic heterocycles. The molecule has 2 heterocycles. The number of aromatic nitrogens is 2. The molecule has 1 saturated heterocycles. The molecule has 0 bridgehead atoms. The number of hydrogen-bond acceptors (Lipinski definition) is 5. The predicted octanol–water partition coefficient (Wildman–Crippen LogP) is 4.09. The zero-order chi connectivity index (χ0) is 25.9. The van der Waals surface area contributed by atoms with Crippen molar-refractivity contribution in [3.63, 3.8) is 0 Å². The predicted molar refractivity (Wildman–Crippen MR) is 144 cm³/mol. The molecule has 3 atom stereocenters. The largest absolute Gasteiger partial charge is 0.385 e. The molecule has 2 aromatic carbocycles. The third-order valence-corrected chi connectivity index (χ3v) is 8.07. The second-order valence-corrected chi connectivity index (χ2v) is 10.8. The van der Waals surface area contributed by atoms with Crippen LogP contribution in [0.4, 0.5) is 0 Å². The van der Waals surface area contributed by atoms with Crippen LogP contribution in [-0.4, -0.2) is 70.0 Å². The molecule has 0 unspecified atom stereocenters. The SMILES string of the molecule is COC[C@]1(O)CCCC[C@H]1n1cnc(C(=O)N2CCNC[C@@]2(C)Cc2ccccc2)c1-c1ccccc1. The van der Waals surface area contributed by atoms with Crippen LogP contribution in [0.5, 0.6) is 0 Å². The molecule has 1 amide bonds. The highest BCUT2D eigenvalue weighted by atomic mass is 16.5. The lowest BCUT2D eigenvalue weighted by atomic mass is 9.80. The minimum atomic E-state index is -1.01. The molecule has 1 aliphatic carbocycles. The molecule has 7 nitrogen and oxygen atoms in total. The van der Waals surface area contributed by atoms with Gasteiger partial charge in [0.25, 0.3) is 5.91 Å². The first-order chi connectivity index (χ1) is 18.0. The van der Waals surface area contributed by atoms with Gasteiger partial charge in [-0.15, -0.1) is 0 Å². The van der Waals surface area contributed by atoms with E-state index >= 15 is 0 Å². The van der Waals surface area contributed by atoms with Crippen LogP contribution < -0.4 is 5.32 Å². The van der Waals surface area contributed by atoms with Crippen molar-refractivity contribution in [1.29, 1.82) is 0 Å². The molecule has 3 aromatic rings. The molecule has 0 radical (unpaired) electrons. The summed E-state index contributed by atoms with van der Waals surface area (Å²) >= 11 is 0. The zero-order valence-corrected chi connectivity index (χ0v) is 21.9. The minimum absolute atomic E-state index is 0.0661. The molecule has 1 saturated carbocycles. The topological polar surface area (TPSA) is 79.6 Å². The van der Waals surface area contributed by atoms with E-state index in [0.717, 1.165) is 43.5 Å². The summed E-state index contributed by atoms with van der Waals surface area (Å²) in [7, 11) is 1.63. The van der Waals surface area contributed by atoms with Crippen molar-refractivity contribution in [3.8, 4) is 11.3 Å². The summed E-state index contributed by atoms with van der Waals surface area (Å²) in [4.78, 5) is 21.1. The van der Waals surface area contributed by atoms with E-state index in [2.05, 4.69) is 24.4 Å². The molecule has 1 aromatic heterocycles. The van der Waals surface area contributed by atoms with E-state index in [0.29, 0.717) is 25.2 Å². The van der Waals surface area contributed by atoms with Crippen LogP contribution in [0.2, 0.25) is 0 Å². The third-order valence-electron chi connectivity index (χ3n) is 8.07. The van der Waals surface area contributed by atoms with E-state index < -0.39 is 11.1 Å². The fraction of sp³-hybridized carbons (Fsp3) is 0.467. The summed E-state index contributed by atoms with van der Waals surface area (Å²) in [6.45, 7) is 4.47. The number of nitrogens with zero attached hydrogens (tertiary/aromatic N) is 3. The smallest absolute Gasteiger partial charge is 0.275 e. The monoisotopic (exact) mass is 502 g/mol. The average molecular weight is 503 g/mol. The number of rotatable bonds is 7. The van der Waals surface area contributed by atoms with Crippen LogP contribution in [0.1, 0.15) is 54.7 Å². The van der Waals surface area contributed by atoms with E-state index in [-0.39, 0.29) is 18.6 Å². The highest BCUT2D eigenvalue weighted by molar-refractivity contribution is 5.99. The Bertz CT molecular complexity index is 1190. The average Bonchev–Trinajstić information content (AvgIpc) is 3.34. The van der Waals surface area contributed by atoms with Gasteiger partial charge in [0.1, 0.15) is 5.60 Å². The Morgan fingerprint density at radius 2 is 1.86 bits per heavy atom. The van der Waals surface area contributed by atoms with Gasteiger partial charge in [0.05, 0.1) is 30.2 Å². The maximum Gasteiger partial charge on any atom is 0.275 e. The number of carbonyl (C=O) groups excluding carboxylic acids is 1. The molecule has 37 heavy (non-hydrogen) atoms. The number of methoxy groups -OCH3 is 1. The van der Waals surface area contributed by atoms with Gasteiger partial charge in [0, 0.05) is 32.3 Å². The van der Waals surface area contributed by atoms with Gasteiger partial charge in [-0.2, -0.15) is 0 Å². The van der Waals surface area contributed by atoms with E-state index in [1.165, 1.54) is 5.56 Å². The Kier molecular flexibility index (Phi) is 7.47. The number of carbonyl (C=O) groups is 1. The number of aliphatic hydroxyl groups is 1. The summed E-state index contributed by atoms with van der Waals surface area (Å²) in [5.74, 6) is -0.0661. The summed E-state index contributed by atoms with van der Waals surface area (Å²) in [5, 5.41) is 15.1. The zero-order valence-electron chi connectivity index (χ0n) is 21.9. The van der Waals surface area contributed by atoms with Gasteiger partial charge < -0.3 is 24.6 Å². The van der Waals surface area contributed by atoms with Gasteiger partial charge in [-0.25, -0.2) is 4.98 Å². The summed E-state index contributed by atoms with van der Waals surface area (Å²) in [6, 6.07) is 20.1. The van der Waals surface area contributed by atoms with Crippen LogP contribution in [-0.2, 0) is 11.2 Å². The van der Waals surface area contributed by atoms with Crippen molar-refractivity contribution in [2.24, 2.45) is 0 Å². The van der Waals surface area contributed by atoms with E-state index in [1.54, 1.807) is 13.4 Å². The van der Waals surface area contributed by atoms with Crippen molar-refractivity contribution in [2.75, 3.05) is 33.4 Å². The highest BCUT2D eigenvalue weighted by Crippen LogP contribution is 2.41. The fourth-order valence-electron chi connectivity index (χ4n) is 6.24. The maximum absolute atomic E-state index is 14.3. The summed E-state index contributed by atoms with van der Waals surface area (Å²) < 4.78 is 7.49. The van der Waals surface area contributed by atoms with Gasteiger partial charge in [-0.1, -0.05) is 73.5 Å². The van der Waals surface area contributed by atoms with E-state index in [1.807, 2.05) is 58.0 Å². The van der Waals surface area contributed by atoms with Crippen molar-refractivity contribution >= 4 is 5.91 Å². The van der Waals surface area contributed by atoms with Crippen molar-refractivity contribution < 1.29 is 14.6 Å². The number of nitrogens with one attached hydrogen (secondary N) is 1. The van der Waals surface area contributed by atoms with Crippen LogP contribution in [0.3, 0.4) is 0 Å². The molecule has 2 N–H and O–H groups in total. The number of ether oxygens (including phenoxy) is 1. The lowest BCUT2D eigenvalue weighted by molar-refractivity contribution is -0.0893. The highest BCUT2D eigenvalue weighted by Gasteiger charge is 2.44. The molecular weight excluding hydrogens is 464 g/mol. The lowest BCUT2D eigenvalue weighted by Crippen LogP contribution is -2.62. The van der Waals surface area contributed by atoms with E-state index in [9.17, 15) is 9.90 Å². The van der Waals surface area contributed by atoms with E-state index in [4.69, 9.17) is 9.72 Å². The van der Waals surface area contributed by atoms with Crippen LogP contribution in [0.25, 0.3) is 11.3 Å². The van der Waals surface area contributed by atoms with Gasteiger partial charge in [0.15, 0.2) is 5.69 Å². The number of imidazole rings is 1. The van der Waals surface area contributed by atoms with Crippen LogP contribution >= 0.6 is 0 Å². The Hall–Kier alpha value is -3.00. The normalized spacial score (nSPS) is 26.2. The van der Waals surface area contributed by atoms with Gasteiger partial charge in [-0.05, 0) is 31.7 Å². The Balaban J connectivity index is 1.56. The van der Waals surface area contributed by atoms with Crippen molar-refractivity contribution in [3.05, 3.63) is 78.2 Å². The standard InChI is InChI=1S/C30H38N4O3/c1-29(19-23-11-5-3-6-12-23)20-31-17-18-34(29)28(35)26-27(24-13-7-4-8-14-24)33(22-32-26)25-15-9-10-16-30(25,36)21-37-2/h3-8,11-14,22,25,31,36H,9-10,15-21H2,1-2H3/t25-,29-,30-/m1/s1. The number of hydrogen-bond donors (Lipinski definition) is 2. The third kappa shape index (κ3) is 5.08. The summed E-state index contributed by atoms with van der Waals surface area (Å²) in [5.41, 5.74) is 1.94. The quantitative estimate of drug-likeness (QED) is 0.509. The van der Waals surface area contributed by atoms with Crippen molar-refractivity contribution in [1.82, 2.24) is 19.8 Å². The summed E-state index contributed by atoms with van der Waals surface area (Å²) in [6.07, 6.45) is 5.94. The lowest BCUT2D eigenvalue weighted by Gasteiger charge is -2.45. The molecule has 0 spiro atoms. The van der Waals surface area contributed by atoms with Gasteiger partial charge in [0.2, 0.25) is 0 Å². The number of piperazine rings is 1. The minimum Gasteiger partial charge on any atom is -0.385 e. The first-order valence-corrected chi connectivity index (χ1v) is 13.4. The Morgan fingerprint density at radius 1 is 1.14 bits per heavy atom. The van der Waals surface area contributed by atoms with Crippen LogP contribution in [0.15, 0.2) is 67.0 Å². The first kappa shape index (κ1) is 25.6. The molecule has 2 aliphatic rings.